The number of nitrogens with zero attached hydrogens (tertiary/aromatic N) is 3. The smallest absolute Gasteiger partial charge is 0.271 e. The molecule has 2 aromatic rings. The number of hydrogen-bond acceptors (Lipinski definition) is 5. The van der Waals surface area contributed by atoms with Gasteiger partial charge in [0.2, 0.25) is 0 Å². The molecule has 29 heavy (non-hydrogen) atoms. The van der Waals surface area contributed by atoms with E-state index in [9.17, 15) is 9.59 Å². The Labute approximate surface area is 170 Å². The van der Waals surface area contributed by atoms with Gasteiger partial charge in [0.05, 0.1) is 6.21 Å². The van der Waals surface area contributed by atoms with Crippen LogP contribution in [-0.4, -0.2) is 46.6 Å². The van der Waals surface area contributed by atoms with E-state index >= 15 is 0 Å². The van der Waals surface area contributed by atoms with Gasteiger partial charge in [0.15, 0.2) is 6.61 Å². The number of aromatic nitrogens is 1. The van der Waals surface area contributed by atoms with Crippen molar-refractivity contribution < 1.29 is 14.3 Å². The molecule has 0 radical (unpaired) electrons. The number of carbonyl (C=O) groups is 2. The van der Waals surface area contributed by atoms with Gasteiger partial charge in [0.25, 0.3) is 11.8 Å². The highest BCUT2D eigenvalue weighted by atomic mass is 16.5. The fraction of sp³-hybridized carbons (Fsp3) is 0.364. The Morgan fingerprint density at radius 2 is 1.79 bits per heavy atom. The molecule has 1 aromatic carbocycles. The third-order valence-electron chi connectivity index (χ3n) is 5.05. The van der Waals surface area contributed by atoms with Crippen LogP contribution < -0.4 is 10.2 Å². The predicted octanol–water partition coefficient (Wildman–Crippen LogP) is 3.01. The maximum absolute atomic E-state index is 12.5. The molecular weight excluding hydrogens is 368 g/mol. The van der Waals surface area contributed by atoms with Crippen molar-refractivity contribution >= 4 is 18.0 Å². The Bertz CT molecular complexity index is 842. The first-order valence-electron chi connectivity index (χ1n) is 9.82. The molecule has 0 aliphatic carbocycles. The van der Waals surface area contributed by atoms with Crippen LogP contribution in [0.1, 0.15) is 49.0 Å². The monoisotopic (exact) mass is 394 g/mol. The van der Waals surface area contributed by atoms with Crippen LogP contribution in [0.2, 0.25) is 0 Å². The number of benzene rings is 1. The Kier molecular flexibility index (Phi) is 6.94. The van der Waals surface area contributed by atoms with E-state index in [0.717, 1.165) is 24.8 Å². The van der Waals surface area contributed by atoms with E-state index in [1.165, 1.54) is 0 Å². The third-order valence-corrected chi connectivity index (χ3v) is 5.05. The summed E-state index contributed by atoms with van der Waals surface area (Å²) in [5.41, 5.74) is 3.77. The zero-order chi connectivity index (χ0) is 20.6. The van der Waals surface area contributed by atoms with Gasteiger partial charge in [-0.15, -0.1) is 0 Å². The van der Waals surface area contributed by atoms with Crippen molar-refractivity contribution in [1.29, 1.82) is 0 Å². The van der Waals surface area contributed by atoms with Crippen LogP contribution in [-0.2, 0) is 4.79 Å². The number of hydrogen-bond donors (Lipinski definition) is 1. The molecule has 2 atom stereocenters. The highest BCUT2D eigenvalue weighted by Crippen LogP contribution is 2.23. The van der Waals surface area contributed by atoms with Gasteiger partial charge in [0, 0.05) is 30.0 Å². The second-order valence-corrected chi connectivity index (χ2v) is 7.22. The van der Waals surface area contributed by atoms with E-state index in [0.29, 0.717) is 11.3 Å². The zero-order valence-corrected chi connectivity index (χ0v) is 16.7. The lowest BCUT2D eigenvalue weighted by Gasteiger charge is -2.38. The van der Waals surface area contributed by atoms with E-state index in [2.05, 4.69) is 29.4 Å². The number of likely N-dealkylation sites (tertiary alicyclic amines) is 1. The first-order valence-corrected chi connectivity index (χ1v) is 9.82. The Morgan fingerprint density at radius 1 is 1.14 bits per heavy atom. The lowest BCUT2D eigenvalue weighted by Crippen LogP contribution is -2.49. The normalized spacial score (nSPS) is 19.2. The first-order chi connectivity index (χ1) is 14.0. The molecule has 3 rings (SSSR count). The van der Waals surface area contributed by atoms with Crippen LogP contribution in [0, 0.1) is 0 Å². The molecule has 0 spiro atoms. The van der Waals surface area contributed by atoms with Crippen LogP contribution >= 0.6 is 0 Å². The summed E-state index contributed by atoms with van der Waals surface area (Å²) in [6, 6.07) is 10.7. The topological polar surface area (TPSA) is 83.9 Å². The number of amides is 2. The Balaban J connectivity index is 1.50. The van der Waals surface area contributed by atoms with Gasteiger partial charge in [0.1, 0.15) is 5.75 Å². The minimum Gasteiger partial charge on any atom is -0.484 e. The standard InChI is InChI=1S/C22H26N4O3/c1-16-4-3-5-17(2)26(16)21(27)15-29-20-8-6-19(7-9-20)22(28)25-24-14-18-10-12-23-13-11-18/h6-14,16-17H,3-5,15H2,1-2H3,(H,25,28). The summed E-state index contributed by atoms with van der Waals surface area (Å²) < 4.78 is 5.63. The molecule has 7 nitrogen and oxygen atoms in total. The van der Waals surface area contributed by atoms with Crippen LogP contribution in [0.5, 0.6) is 5.75 Å². The second-order valence-electron chi connectivity index (χ2n) is 7.22. The number of hydrazone groups is 1. The molecule has 1 aromatic heterocycles. The van der Waals surface area contributed by atoms with Crippen molar-refractivity contribution in [3.63, 3.8) is 0 Å². The van der Waals surface area contributed by atoms with Crippen LogP contribution in [0.25, 0.3) is 0 Å². The molecular formula is C22H26N4O3. The quantitative estimate of drug-likeness (QED) is 0.603. The molecule has 1 N–H and O–H groups in total. The van der Waals surface area contributed by atoms with Crippen molar-refractivity contribution in [2.75, 3.05) is 6.61 Å². The minimum absolute atomic E-state index is 0.00281. The fourth-order valence-electron chi connectivity index (χ4n) is 3.51. The van der Waals surface area contributed by atoms with Crippen molar-refractivity contribution in [1.82, 2.24) is 15.3 Å². The molecule has 2 unspecified atom stereocenters. The number of carbonyl (C=O) groups excluding carboxylic acids is 2. The summed E-state index contributed by atoms with van der Waals surface area (Å²) >= 11 is 0. The van der Waals surface area contributed by atoms with Crippen molar-refractivity contribution in [3.8, 4) is 5.75 Å². The largest absolute Gasteiger partial charge is 0.484 e. The predicted molar refractivity (Wildman–Crippen MR) is 111 cm³/mol. The number of ether oxygens (including phenoxy) is 1. The van der Waals surface area contributed by atoms with Crippen molar-refractivity contribution in [2.24, 2.45) is 5.10 Å². The Morgan fingerprint density at radius 3 is 2.45 bits per heavy atom. The summed E-state index contributed by atoms with van der Waals surface area (Å²) in [5.74, 6) is 0.221. The average molecular weight is 394 g/mol. The van der Waals surface area contributed by atoms with Gasteiger partial charge in [-0.25, -0.2) is 5.43 Å². The maximum Gasteiger partial charge on any atom is 0.271 e. The van der Waals surface area contributed by atoms with Crippen LogP contribution in [0.4, 0.5) is 0 Å². The molecule has 152 valence electrons. The molecule has 1 saturated heterocycles. The summed E-state index contributed by atoms with van der Waals surface area (Å²) in [6.07, 6.45) is 8.07. The average Bonchev–Trinajstić information content (AvgIpc) is 2.73. The van der Waals surface area contributed by atoms with Gasteiger partial charge in [-0.3, -0.25) is 14.6 Å². The first kappa shape index (κ1) is 20.5. The van der Waals surface area contributed by atoms with Gasteiger partial charge >= 0.3 is 0 Å². The van der Waals surface area contributed by atoms with Gasteiger partial charge in [-0.2, -0.15) is 5.10 Å². The molecule has 2 amide bonds. The molecule has 0 bridgehead atoms. The number of rotatable bonds is 6. The van der Waals surface area contributed by atoms with Crippen molar-refractivity contribution in [3.05, 3.63) is 59.9 Å². The zero-order valence-electron chi connectivity index (χ0n) is 16.7. The van der Waals surface area contributed by atoms with Crippen molar-refractivity contribution in [2.45, 2.75) is 45.2 Å². The third kappa shape index (κ3) is 5.63. The summed E-state index contributed by atoms with van der Waals surface area (Å²) in [4.78, 5) is 30.5. The SMILES string of the molecule is CC1CCCC(C)N1C(=O)COc1ccc(C(=O)NN=Cc2ccncc2)cc1. The molecule has 0 saturated carbocycles. The lowest BCUT2D eigenvalue weighted by atomic mass is 9.97. The second kappa shape index (κ2) is 9.82. The highest BCUT2D eigenvalue weighted by molar-refractivity contribution is 5.95. The molecule has 1 aliphatic rings. The number of nitrogens with one attached hydrogen (secondary N) is 1. The van der Waals surface area contributed by atoms with Gasteiger partial charge in [-0.05, 0) is 75.1 Å². The highest BCUT2D eigenvalue weighted by Gasteiger charge is 2.28. The summed E-state index contributed by atoms with van der Waals surface area (Å²) in [5, 5.41) is 3.93. The van der Waals surface area contributed by atoms with E-state index < -0.39 is 0 Å². The molecule has 1 aliphatic heterocycles. The number of pyridine rings is 1. The van der Waals surface area contributed by atoms with Gasteiger partial charge < -0.3 is 9.64 Å². The van der Waals surface area contributed by atoms with Crippen LogP contribution in [0.3, 0.4) is 0 Å². The molecule has 7 heteroatoms. The molecule has 1 fully saturated rings. The lowest BCUT2D eigenvalue weighted by molar-refractivity contribution is -0.139. The van der Waals surface area contributed by atoms with Crippen LogP contribution in [0.15, 0.2) is 53.9 Å². The summed E-state index contributed by atoms with van der Waals surface area (Å²) in [6.45, 7) is 4.16. The summed E-state index contributed by atoms with van der Waals surface area (Å²) in [7, 11) is 0. The fourth-order valence-corrected chi connectivity index (χ4v) is 3.51. The van der Waals surface area contributed by atoms with Gasteiger partial charge in [-0.1, -0.05) is 0 Å². The van der Waals surface area contributed by atoms with E-state index in [4.69, 9.17) is 4.74 Å². The Hall–Kier alpha value is -3.22. The maximum atomic E-state index is 12.5. The van der Waals surface area contributed by atoms with E-state index in [-0.39, 0.29) is 30.5 Å². The minimum atomic E-state index is -0.325. The van der Waals surface area contributed by atoms with E-state index in [1.807, 2.05) is 4.90 Å². The molecule has 2 heterocycles. The van der Waals surface area contributed by atoms with E-state index in [1.54, 1.807) is 55.0 Å². The number of piperidine rings is 1.